The van der Waals surface area contributed by atoms with Gasteiger partial charge in [0.15, 0.2) is 18.1 Å². The predicted octanol–water partition coefficient (Wildman–Crippen LogP) is -1.54. The number of hydrogen-bond donors (Lipinski definition) is 2. The number of aryl methyl sites for hydroxylation is 1. The zero-order chi connectivity index (χ0) is 14.7. The fourth-order valence-electron chi connectivity index (χ4n) is 2.76. The molecule has 1 aromatic rings. The number of nitrogens with zero attached hydrogens (tertiary/aromatic N) is 1. The summed E-state index contributed by atoms with van der Waals surface area (Å²) in [5.41, 5.74) is -2.32. The Balaban J connectivity index is 2.07. The molecule has 0 spiro atoms. The van der Waals surface area contributed by atoms with E-state index in [4.69, 9.17) is 9.47 Å². The van der Waals surface area contributed by atoms with E-state index in [1.54, 1.807) is 6.92 Å². The fraction of sp³-hybridized carbons (Fsp3) is 0.583. The molecule has 8 heteroatoms. The smallest absolute Gasteiger partial charge is 0.330 e. The van der Waals surface area contributed by atoms with Gasteiger partial charge in [-0.15, -0.1) is 0 Å². The molecule has 5 atom stereocenters. The fourth-order valence-corrected chi connectivity index (χ4v) is 2.76. The van der Waals surface area contributed by atoms with Crippen molar-refractivity contribution in [1.82, 2.24) is 9.55 Å². The van der Waals surface area contributed by atoms with Gasteiger partial charge in [-0.1, -0.05) is 0 Å². The molecule has 108 valence electrons. The molecule has 0 aliphatic carbocycles. The number of aromatic amines is 1. The first-order valence-corrected chi connectivity index (χ1v) is 6.20. The summed E-state index contributed by atoms with van der Waals surface area (Å²) >= 11 is 0. The van der Waals surface area contributed by atoms with Crippen LogP contribution in [0.15, 0.2) is 15.8 Å². The Hall–Kier alpha value is -1.77. The third-order valence-electron chi connectivity index (χ3n) is 3.98. The molecule has 0 amide bonds. The number of aliphatic hydroxyl groups excluding tert-OH is 1. The van der Waals surface area contributed by atoms with Crippen molar-refractivity contribution in [3.05, 3.63) is 32.6 Å². The quantitative estimate of drug-likeness (QED) is 0.636. The van der Waals surface area contributed by atoms with E-state index in [0.717, 1.165) is 4.57 Å². The summed E-state index contributed by atoms with van der Waals surface area (Å²) in [5.74, 6) is 0. The van der Waals surface area contributed by atoms with Gasteiger partial charge < -0.3 is 14.6 Å². The van der Waals surface area contributed by atoms with Gasteiger partial charge in [0.1, 0.15) is 12.2 Å². The average molecular weight is 282 g/mol. The van der Waals surface area contributed by atoms with Crippen LogP contribution in [-0.2, 0) is 14.3 Å². The number of aldehydes is 1. The van der Waals surface area contributed by atoms with Gasteiger partial charge in [-0.3, -0.25) is 19.1 Å². The van der Waals surface area contributed by atoms with Crippen molar-refractivity contribution >= 4 is 6.29 Å². The highest BCUT2D eigenvalue weighted by atomic mass is 16.7. The lowest BCUT2D eigenvalue weighted by atomic mass is 9.95. The molecular weight excluding hydrogens is 268 g/mol. The normalized spacial score (nSPS) is 39.1. The SMILES string of the molecule is Cc1cn([C@@H]2O[C@@]3(C=O)[C@H](C)O[C@@H]2[C@@H]3O)c(=O)[nH]c1=O. The van der Waals surface area contributed by atoms with Crippen LogP contribution in [0.5, 0.6) is 0 Å². The molecular formula is C12H14N2O6. The number of carbonyl (C=O) groups is 1. The van der Waals surface area contributed by atoms with Crippen LogP contribution in [0.4, 0.5) is 0 Å². The van der Waals surface area contributed by atoms with Crippen molar-refractivity contribution in [2.24, 2.45) is 0 Å². The van der Waals surface area contributed by atoms with Gasteiger partial charge >= 0.3 is 5.69 Å². The van der Waals surface area contributed by atoms with E-state index in [-0.39, 0.29) is 0 Å². The second-order valence-electron chi connectivity index (χ2n) is 5.15. The molecule has 2 fully saturated rings. The summed E-state index contributed by atoms with van der Waals surface area (Å²) in [7, 11) is 0. The molecule has 3 rings (SSSR count). The number of aromatic nitrogens is 2. The maximum atomic E-state index is 11.8. The Morgan fingerprint density at radius 2 is 2.20 bits per heavy atom. The molecule has 2 N–H and O–H groups in total. The molecule has 2 aliphatic heterocycles. The van der Waals surface area contributed by atoms with Gasteiger partial charge in [0, 0.05) is 11.8 Å². The Morgan fingerprint density at radius 1 is 1.50 bits per heavy atom. The number of carbonyl (C=O) groups excluding carboxylic acids is 1. The summed E-state index contributed by atoms with van der Waals surface area (Å²) in [6, 6.07) is 0. The number of rotatable bonds is 2. The zero-order valence-electron chi connectivity index (χ0n) is 10.9. The number of hydrogen-bond acceptors (Lipinski definition) is 6. The highest BCUT2D eigenvalue weighted by Crippen LogP contribution is 2.46. The van der Waals surface area contributed by atoms with E-state index < -0.39 is 41.4 Å². The first-order valence-electron chi connectivity index (χ1n) is 6.20. The first-order chi connectivity index (χ1) is 9.40. The van der Waals surface area contributed by atoms with Gasteiger partial charge in [0.25, 0.3) is 5.56 Å². The van der Waals surface area contributed by atoms with Crippen LogP contribution in [0.3, 0.4) is 0 Å². The Labute approximate surface area is 112 Å². The Bertz CT molecular complexity index is 679. The topological polar surface area (TPSA) is 111 Å². The van der Waals surface area contributed by atoms with Crippen molar-refractivity contribution in [1.29, 1.82) is 0 Å². The van der Waals surface area contributed by atoms with Crippen LogP contribution in [0.2, 0.25) is 0 Å². The molecule has 2 bridgehead atoms. The van der Waals surface area contributed by atoms with E-state index >= 15 is 0 Å². The monoisotopic (exact) mass is 282 g/mol. The van der Waals surface area contributed by atoms with E-state index in [9.17, 15) is 19.5 Å². The summed E-state index contributed by atoms with van der Waals surface area (Å²) < 4.78 is 12.2. The first kappa shape index (κ1) is 13.2. The zero-order valence-corrected chi connectivity index (χ0v) is 10.9. The van der Waals surface area contributed by atoms with Crippen LogP contribution >= 0.6 is 0 Å². The van der Waals surface area contributed by atoms with Crippen molar-refractivity contribution in [3.8, 4) is 0 Å². The van der Waals surface area contributed by atoms with Crippen LogP contribution in [-0.4, -0.2) is 44.9 Å². The minimum absolute atomic E-state index is 0.318. The maximum absolute atomic E-state index is 11.8. The molecule has 0 aromatic carbocycles. The predicted molar refractivity (Wildman–Crippen MR) is 65.3 cm³/mol. The molecule has 2 aliphatic rings. The Morgan fingerprint density at radius 3 is 2.80 bits per heavy atom. The molecule has 2 saturated heterocycles. The van der Waals surface area contributed by atoms with Crippen molar-refractivity contribution in [2.75, 3.05) is 0 Å². The van der Waals surface area contributed by atoms with Crippen molar-refractivity contribution < 1.29 is 19.4 Å². The van der Waals surface area contributed by atoms with Gasteiger partial charge in [0.05, 0.1) is 6.10 Å². The second-order valence-corrected chi connectivity index (χ2v) is 5.15. The minimum atomic E-state index is -1.47. The summed E-state index contributed by atoms with van der Waals surface area (Å²) in [5, 5.41) is 10.1. The number of H-pyrrole nitrogens is 1. The molecule has 20 heavy (non-hydrogen) atoms. The number of nitrogens with one attached hydrogen (secondary N) is 1. The third kappa shape index (κ3) is 1.49. The molecule has 0 saturated carbocycles. The lowest BCUT2D eigenvalue weighted by molar-refractivity contribution is -0.200. The van der Waals surface area contributed by atoms with E-state index in [1.807, 2.05) is 0 Å². The summed E-state index contributed by atoms with van der Waals surface area (Å²) in [6.45, 7) is 3.16. The van der Waals surface area contributed by atoms with E-state index in [2.05, 4.69) is 4.98 Å². The van der Waals surface area contributed by atoms with Gasteiger partial charge in [-0.05, 0) is 13.8 Å². The highest BCUT2D eigenvalue weighted by Gasteiger charge is 2.66. The van der Waals surface area contributed by atoms with Crippen molar-refractivity contribution in [3.63, 3.8) is 0 Å². The lowest BCUT2D eigenvalue weighted by Crippen LogP contribution is -2.48. The third-order valence-corrected chi connectivity index (χ3v) is 3.98. The number of aliphatic hydroxyl groups is 1. The molecule has 3 heterocycles. The van der Waals surface area contributed by atoms with Gasteiger partial charge in [-0.25, -0.2) is 4.79 Å². The highest BCUT2D eigenvalue weighted by molar-refractivity contribution is 5.67. The number of fused-ring (bicyclic) bond motifs is 2. The van der Waals surface area contributed by atoms with E-state index in [0.29, 0.717) is 11.8 Å². The van der Waals surface area contributed by atoms with Gasteiger partial charge in [-0.2, -0.15) is 0 Å². The maximum Gasteiger partial charge on any atom is 0.330 e. The van der Waals surface area contributed by atoms with Gasteiger partial charge in [0.2, 0.25) is 0 Å². The van der Waals surface area contributed by atoms with Crippen LogP contribution in [0.1, 0.15) is 18.7 Å². The second kappa shape index (κ2) is 4.11. The lowest BCUT2D eigenvalue weighted by Gasteiger charge is -2.32. The standard InChI is InChI=1S/C12H14N2O6/c1-5-3-14(11(18)13-9(5)17)10-7-8(16)12(4-15,20-10)6(2)19-7/h3-4,6-8,10,16H,1-2H3,(H,13,17,18)/t6-,7+,8-,10+,12-/m0/s1. The number of ether oxygens (including phenoxy) is 2. The molecule has 0 radical (unpaired) electrons. The van der Waals surface area contributed by atoms with Crippen LogP contribution < -0.4 is 11.2 Å². The molecule has 8 nitrogen and oxygen atoms in total. The molecule has 1 aromatic heterocycles. The Kier molecular flexibility index (Phi) is 2.72. The summed E-state index contributed by atoms with van der Waals surface area (Å²) in [6.07, 6.45) is -1.71. The minimum Gasteiger partial charge on any atom is -0.387 e. The van der Waals surface area contributed by atoms with Crippen LogP contribution in [0.25, 0.3) is 0 Å². The molecule has 0 unspecified atom stereocenters. The largest absolute Gasteiger partial charge is 0.387 e. The average Bonchev–Trinajstić information content (AvgIpc) is 2.81. The van der Waals surface area contributed by atoms with Crippen molar-refractivity contribution in [2.45, 2.75) is 44.0 Å². The van der Waals surface area contributed by atoms with E-state index in [1.165, 1.54) is 13.1 Å². The summed E-state index contributed by atoms with van der Waals surface area (Å²) in [4.78, 5) is 36.6. The van der Waals surface area contributed by atoms with Crippen LogP contribution in [0, 0.1) is 6.92 Å².